The zero-order valence-electron chi connectivity index (χ0n) is 16.6. The summed E-state index contributed by atoms with van der Waals surface area (Å²) in [5.41, 5.74) is 0.346. The summed E-state index contributed by atoms with van der Waals surface area (Å²) in [4.78, 5) is 23.5. The smallest absolute Gasteiger partial charge is 0.336 e. The summed E-state index contributed by atoms with van der Waals surface area (Å²) in [5, 5.41) is 11.4. The van der Waals surface area contributed by atoms with E-state index in [9.17, 15) is 14.7 Å². The zero-order chi connectivity index (χ0) is 20.8. The standard InChI is InChI=1S/C21H26O7/c1-12(2)10-17(23)27-11-13(3)19(24)21(26-5)18-15(25-4)8-6-14-7-9-16(22)28-20(14)18/h6-9,12,19,21,24H,3,10-11H2,1-2,4-5H3. The van der Waals surface area contributed by atoms with Gasteiger partial charge < -0.3 is 23.7 Å². The summed E-state index contributed by atoms with van der Waals surface area (Å²) in [6.45, 7) is 7.48. The second kappa shape index (κ2) is 9.52. The molecule has 1 aromatic heterocycles. The summed E-state index contributed by atoms with van der Waals surface area (Å²) in [7, 11) is 2.87. The molecule has 2 aromatic rings. The molecule has 0 fully saturated rings. The van der Waals surface area contributed by atoms with Gasteiger partial charge >= 0.3 is 11.6 Å². The Balaban J connectivity index is 2.33. The molecule has 0 saturated heterocycles. The van der Waals surface area contributed by atoms with Gasteiger partial charge in [-0.05, 0) is 29.7 Å². The third-order valence-corrected chi connectivity index (χ3v) is 4.25. The first-order valence-corrected chi connectivity index (χ1v) is 8.93. The minimum Gasteiger partial charge on any atom is -0.496 e. The van der Waals surface area contributed by atoms with E-state index in [0.717, 1.165) is 0 Å². The van der Waals surface area contributed by atoms with Crippen LogP contribution < -0.4 is 10.4 Å². The first-order chi connectivity index (χ1) is 13.3. The topological polar surface area (TPSA) is 95.2 Å². The Kier molecular flexibility index (Phi) is 7.37. The lowest BCUT2D eigenvalue weighted by Gasteiger charge is -2.25. The fraction of sp³-hybridized carbons (Fsp3) is 0.429. The van der Waals surface area contributed by atoms with Gasteiger partial charge in [-0.2, -0.15) is 0 Å². The van der Waals surface area contributed by atoms with Crippen molar-refractivity contribution in [3.8, 4) is 5.75 Å². The number of esters is 1. The van der Waals surface area contributed by atoms with Crippen LogP contribution in [0, 0.1) is 5.92 Å². The minimum atomic E-state index is -1.22. The molecule has 0 aliphatic rings. The molecule has 0 aliphatic heterocycles. The molecule has 152 valence electrons. The molecule has 2 rings (SSSR count). The van der Waals surface area contributed by atoms with Gasteiger partial charge in [-0.1, -0.05) is 20.4 Å². The van der Waals surface area contributed by atoms with Gasteiger partial charge in [0.2, 0.25) is 0 Å². The summed E-state index contributed by atoms with van der Waals surface area (Å²) in [6, 6.07) is 6.36. The Bertz CT molecular complexity index is 897. The van der Waals surface area contributed by atoms with Gasteiger partial charge in [0.05, 0.1) is 12.7 Å². The number of benzene rings is 1. The number of ether oxygens (including phenoxy) is 3. The molecule has 0 bridgehead atoms. The first-order valence-electron chi connectivity index (χ1n) is 8.93. The predicted molar refractivity (Wildman–Crippen MR) is 104 cm³/mol. The highest BCUT2D eigenvalue weighted by Gasteiger charge is 2.30. The largest absolute Gasteiger partial charge is 0.496 e. The van der Waals surface area contributed by atoms with E-state index in [1.54, 1.807) is 18.2 Å². The van der Waals surface area contributed by atoms with Gasteiger partial charge in [0.15, 0.2) is 0 Å². The number of hydrogen-bond acceptors (Lipinski definition) is 7. The molecular weight excluding hydrogens is 364 g/mol. The Labute approximate surface area is 163 Å². The maximum Gasteiger partial charge on any atom is 0.336 e. The van der Waals surface area contributed by atoms with Crippen LogP contribution >= 0.6 is 0 Å². The van der Waals surface area contributed by atoms with Crippen LogP contribution in [-0.2, 0) is 14.3 Å². The molecule has 0 amide bonds. The first kappa shape index (κ1) is 21.7. The molecule has 28 heavy (non-hydrogen) atoms. The van der Waals surface area contributed by atoms with Crippen LogP contribution in [0.25, 0.3) is 11.0 Å². The van der Waals surface area contributed by atoms with Gasteiger partial charge in [0, 0.05) is 25.0 Å². The molecule has 0 spiro atoms. The quantitative estimate of drug-likeness (QED) is 0.399. The Hall–Kier alpha value is -2.64. The van der Waals surface area contributed by atoms with Gasteiger partial charge in [0.25, 0.3) is 0 Å². The molecule has 2 atom stereocenters. The van der Waals surface area contributed by atoms with Crippen LogP contribution in [-0.4, -0.2) is 38.0 Å². The van der Waals surface area contributed by atoms with E-state index in [2.05, 4.69) is 6.58 Å². The van der Waals surface area contributed by atoms with Crippen LogP contribution in [0.15, 0.2) is 45.6 Å². The monoisotopic (exact) mass is 390 g/mol. The van der Waals surface area contributed by atoms with E-state index < -0.39 is 17.8 Å². The van der Waals surface area contributed by atoms with Crippen molar-refractivity contribution in [3.63, 3.8) is 0 Å². The number of fused-ring (bicyclic) bond motifs is 1. The normalized spacial score (nSPS) is 13.4. The average Bonchev–Trinajstić information content (AvgIpc) is 2.66. The molecule has 2 unspecified atom stereocenters. The number of rotatable bonds is 9. The lowest BCUT2D eigenvalue weighted by molar-refractivity contribution is -0.144. The maximum atomic E-state index is 11.8. The summed E-state index contributed by atoms with van der Waals surface area (Å²) < 4.78 is 21.4. The van der Waals surface area contributed by atoms with Crippen molar-refractivity contribution in [1.29, 1.82) is 0 Å². The lowest BCUT2D eigenvalue weighted by Crippen LogP contribution is -2.26. The second-order valence-electron chi connectivity index (χ2n) is 6.87. The number of carbonyl (C=O) groups is 1. The summed E-state index contributed by atoms with van der Waals surface area (Å²) in [6.07, 6.45) is -1.89. The molecule has 1 N–H and O–H groups in total. The third-order valence-electron chi connectivity index (χ3n) is 4.25. The summed E-state index contributed by atoms with van der Waals surface area (Å²) >= 11 is 0. The van der Waals surface area contributed by atoms with Gasteiger partial charge in [-0.25, -0.2) is 4.79 Å². The van der Waals surface area contributed by atoms with E-state index in [1.165, 1.54) is 20.3 Å². The summed E-state index contributed by atoms with van der Waals surface area (Å²) in [5.74, 6) is 0.184. The number of carbonyl (C=O) groups excluding carboxylic acids is 1. The number of methoxy groups -OCH3 is 2. The Morgan fingerprint density at radius 3 is 2.50 bits per heavy atom. The van der Waals surface area contributed by atoms with Crippen LogP contribution in [0.2, 0.25) is 0 Å². The number of hydrogen-bond donors (Lipinski definition) is 1. The van der Waals surface area contributed by atoms with Crippen molar-refractivity contribution in [2.45, 2.75) is 32.5 Å². The molecule has 7 heteroatoms. The van der Waals surface area contributed by atoms with E-state index in [-0.39, 0.29) is 36.1 Å². The predicted octanol–water partition coefficient (Wildman–Crippen LogP) is 3.00. The van der Waals surface area contributed by atoms with Crippen molar-refractivity contribution in [1.82, 2.24) is 0 Å². The highest BCUT2D eigenvalue weighted by molar-refractivity contribution is 5.82. The molecule has 7 nitrogen and oxygen atoms in total. The molecule has 0 saturated carbocycles. The third kappa shape index (κ3) is 4.99. The average molecular weight is 390 g/mol. The lowest BCUT2D eigenvalue weighted by atomic mass is 9.96. The van der Waals surface area contributed by atoms with E-state index in [4.69, 9.17) is 18.6 Å². The van der Waals surface area contributed by atoms with Crippen LogP contribution in [0.5, 0.6) is 5.75 Å². The fourth-order valence-electron chi connectivity index (χ4n) is 2.85. The van der Waals surface area contributed by atoms with Gasteiger partial charge in [-0.15, -0.1) is 0 Å². The highest BCUT2D eigenvalue weighted by atomic mass is 16.5. The van der Waals surface area contributed by atoms with Crippen LogP contribution in [0.4, 0.5) is 0 Å². The van der Waals surface area contributed by atoms with Crippen LogP contribution in [0.1, 0.15) is 31.9 Å². The number of aliphatic hydroxyl groups excluding tert-OH is 1. The molecule has 1 heterocycles. The number of aliphatic hydroxyl groups is 1. The SMILES string of the molecule is C=C(COC(=O)CC(C)C)C(O)C(OC)c1c(OC)ccc2ccc(=O)oc12. The molecule has 1 aromatic carbocycles. The van der Waals surface area contributed by atoms with E-state index >= 15 is 0 Å². The zero-order valence-corrected chi connectivity index (χ0v) is 16.6. The Morgan fingerprint density at radius 1 is 1.21 bits per heavy atom. The van der Waals surface area contributed by atoms with Crippen molar-refractivity contribution >= 4 is 16.9 Å². The molecular formula is C21H26O7. The van der Waals surface area contributed by atoms with Crippen LogP contribution in [0.3, 0.4) is 0 Å². The Morgan fingerprint density at radius 2 is 1.89 bits per heavy atom. The van der Waals surface area contributed by atoms with Crippen molar-refractivity contribution < 1.29 is 28.5 Å². The molecule has 0 radical (unpaired) electrons. The van der Waals surface area contributed by atoms with Crippen molar-refractivity contribution in [2.75, 3.05) is 20.8 Å². The van der Waals surface area contributed by atoms with E-state index in [1.807, 2.05) is 13.8 Å². The van der Waals surface area contributed by atoms with Gasteiger partial charge in [0.1, 0.15) is 30.1 Å². The highest BCUT2D eigenvalue weighted by Crippen LogP contribution is 2.37. The van der Waals surface area contributed by atoms with Crippen molar-refractivity contribution in [2.24, 2.45) is 5.92 Å². The van der Waals surface area contributed by atoms with E-state index in [0.29, 0.717) is 16.7 Å². The molecule has 0 aliphatic carbocycles. The minimum absolute atomic E-state index is 0.149. The second-order valence-corrected chi connectivity index (χ2v) is 6.87. The fourth-order valence-corrected chi connectivity index (χ4v) is 2.85. The maximum absolute atomic E-state index is 11.8. The van der Waals surface area contributed by atoms with Crippen molar-refractivity contribution in [3.05, 3.63) is 52.4 Å². The van der Waals surface area contributed by atoms with Gasteiger partial charge in [-0.3, -0.25) is 4.79 Å².